The molecule has 0 aliphatic carbocycles. The quantitative estimate of drug-likeness (QED) is 0.687. The van der Waals surface area contributed by atoms with Crippen molar-refractivity contribution in [3.63, 3.8) is 0 Å². The number of hydrogen-bond donors (Lipinski definition) is 0. The maximum Gasteiger partial charge on any atom is 0.338 e. The van der Waals surface area contributed by atoms with Gasteiger partial charge in [-0.15, -0.1) is 4.91 Å². The smallest absolute Gasteiger partial charge is 0.265 e. The number of aromatic nitrogens is 2. The summed E-state index contributed by atoms with van der Waals surface area (Å²) in [6.07, 6.45) is 0. The molecule has 1 aromatic heterocycles. The predicted octanol–water partition coefficient (Wildman–Crippen LogP) is 3.68. The Bertz CT molecular complexity index is 919. The van der Waals surface area contributed by atoms with Crippen LogP contribution in [0.15, 0.2) is 65.1 Å². The van der Waals surface area contributed by atoms with Crippen molar-refractivity contribution in [1.82, 2.24) is 9.13 Å². The molecule has 3 aromatic rings. The molecule has 0 atom stereocenters. The summed E-state index contributed by atoms with van der Waals surface area (Å²) in [6, 6.07) is 14.1. The maximum atomic E-state index is 12.7. The summed E-state index contributed by atoms with van der Waals surface area (Å²) in [4.78, 5) is 23.7. The molecule has 0 aliphatic heterocycles. The number of hydrogen-bond acceptors (Lipinski definition) is 3. The molecule has 0 fully saturated rings. The van der Waals surface area contributed by atoms with Gasteiger partial charge in [-0.25, -0.2) is 4.79 Å². The topological polar surface area (TPSA) is 56.4 Å². The van der Waals surface area contributed by atoms with Gasteiger partial charge in [0, 0.05) is 5.70 Å². The first-order chi connectivity index (χ1) is 10.1. The summed E-state index contributed by atoms with van der Waals surface area (Å²) in [5.74, 6) is 0. The molecule has 5 heteroatoms. The van der Waals surface area contributed by atoms with E-state index in [0.717, 1.165) is 5.52 Å². The Labute approximate surface area is 120 Å². The van der Waals surface area contributed by atoms with Gasteiger partial charge in [-0.05, 0) is 36.4 Å². The first-order valence-corrected chi connectivity index (χ1v) is 6.46. The number of fused-ring (bicyclic) bond motifs is 1. The summed E-state index contributed by atoms with van der Waals surface area (Å²) < 4.78 is 3.01. The second kappa shape index (κ2) is 4.86. The second-order valence-corrected chi connectivity index (χ2v) is 4.76. The lowest BCUT2D eigenvalue weighted by Crippen LogP contribution is -2.21. The van der Waals surface area contributed by atoms with Crippen LogP contribution in [-0.4, -0.2) is 9.13 Å². The molecule has 3 rings (SSSR count). The fraction of sp³-hybridized carbons (Fsp3) is 0.0625. The molecule has 0 radical (unpaired) electrons. The van der Waals surface area contributed by atoms with Crippen molar-refractivity contribution in [3.8, 4) is 5.69 Å². The fourth-order valence-corrected chi connectivity index (χ4v) is 2.48. The lowest BCUT2D eigenvalue weighted by Gasteiger charge is -2.04. The van der Waals surface area contributed by atoms with Crippen molar-refractivity contribution in [1.29, 1.82) is 0 Å². The van der Waals surface area contributed by atoms with E-state index in [2.05, 4.69) is 11.8 Å². The molecule has 0 spiro atoms. The monoisotopic (exact) mass is 279 g/mol. The van der Waals surface area contributed by atoms with E-state index in [-0.39, 0.29) is 11.4 Å². The zero-order chi connectivity index (χ0) is 15.0. The number of nitroso groups, excluding NO2 is 1. The van der Waals surface area contributed by atoms with E-state index < -0.39 is 0 Å². The first kappa shape index (κ1) is 13.1. The zero-order valence-corrected chi connectivity index (χ0v) is 11.5. The van der Waals surface area contributed by atoms with E-state index in [9.17, 15) is 9.70 Å². The highest BCUT2D eigenvalue weighted by atomic mass is 16.3. The molecule has 1 heterocycles. The SMILES string of the molecule is C=C(C)n1c(=O)n(-c2ccccc2N=O)c2ccccc21. The number of para-hydroxylation sites is 3. The minimum atomic E-state index is -0.264. The predicted molar refractivity (Wildman–Crippen MR) is 84.0 cm³/mol. The number of rotatable bonds is 3. The Hall–Kier alpha value is -2.95. The molecule has 104 valence electrons. The average molecular weight is 279 g/mol. The van der Waals surface area contributed by atoms with E-state index in [4.69, 9.17) is 0 Å². The second-order valence-electron chi connectivity index (χ2n) is 4.76. The van der Waals surface area contributed by atoms with Crippen molar-refractivity contribution < 1.29 is 0 Å². The molecule has 21 heavy (non-hydrogen) atoms. The molecule has 5 nitrogen and oxygen atoms in total. The van der Waals surface area contributed by atoms with Crippen LogP contribution >= 0.6 is 0 Å². The van der Waals surface area contributed by atoms with Crippen LogP contribution < -0.4 is 5.69 Å². The molecule has 0 bridgehead atoms. The fourth-order valence-electron chi connectivity index (χ4n) is 2.48. The first-order valence-electron chi connectivity index (χ1n) is 6.46. The highest BCUT2D eigenvalue weighted by molar-refractivity contribution is 5.82. The summed E-state index contributed by atoms with van der Waals surface area (Å²) in [5, 5.41) is 3.01. The van der Waals surface area contributed by atoms with Gasteiger partial charge in [-0.1, -0.05) is 30.8 Å². The molecular weight excluding hydrogens is 266 g/mol. The van der Waals surface area contributed by atoms with Crippen LogP contribution in [0.3, 0.4) is 0 Å². The summed E-state index contributed by atoms with van der Waals surface area (Å²) in [6.45, 7) is 5.62. The van der Waals surface area contributed by atoms with Gasteiger partial charge in [-0.3, -0.25) is 9.13 Å². The van der Waals surface area contributed by atoms with E-state index in [1.54, 1.807) is 31.2 Å². The van der Waals surface area contributed by atoms with E-state index >= 15 is 0 Å². The van der Waals surface area contributed by atoms with Gasteiger partial charge in [0.15, 0.2) is 0 Å². The summed E-state index contributed by atoms with van der Waals surface area (Å²) in [7, 11) is 0. The van der Waals surface area contributed by atoms with Gasteiger partial charge in [-0.2, -0.15) is 0 Å². The zero-order valence-electron chi connectivity index (χ0n) is 11.5. The Morgan fingerprint density at radius 3 is 2.33 bits per heavy atom. The number of imidazole rings is 1. The van der Waals surface area contributed by atoms with Crippen molar-refractivity contribution >= 4 is 22.4 Å². The normalized spacial score (nSPS) is 10.7. The third-order valence-corrected chi connectivity index (χ3v) is 3.35. The molecular formula is C16H13N3O2. The lowest BCUT2D eigenvalue weighted by molar-refractivity contribution is 0.941. The summed E-state index contributed by atoms with van der Waals surface area (Å²) >= 11 is 0. The van der Waals surface area contributed by atoms with Crippen molar-refractivity contribution in [2.45, 2.75) is 6.92 Å². The molecule has 0 N–H and O–H groups in total. The third kappa shape index (κ3) is 1.90. The molecule has 0 saturated heterocycles. The molecule has 0 amide bonds. The average Bonchev–Trinajstić information content (AvgIpc) is 2.79. The largest absolute Gasteiger partial charge is 0.338 e. The minimum absolute atomic E-state index is 0.226. The van der Waals surface area contributed by atoms with Gasteiger partial charge in [0.2, 0.25) is 0 Å². The van der Waals surface area contributed by atoms with Crippen LogP contribution in [0.4, 0.5) is 5.69 Å². The van der Waals surface area contributed by atoms with Gasteiger partial charge in [0.25, 0.3) is 0 Å². The van der Waals surface area contributed by atoms with Gasteiger partial charge < -0.3 is 0 Å². The Kier molecular flexibility index (Phi) is 3.02. The van der Waals surface area contributed by atoms with Crippen LogP contribution in [0.5, 0.6) is 0 Å². The van der Waals surface area contributed by atoms with Crippen molar-refractivity contribution in [2.24, 2.45) is 5.18 Å². The van der Waals surface area contributed by atoms with Gasteiger partial charge in [0.05, 0.1) is 16.7 Å². The molecule has 0 unspecified atom stereocenters. The van der Waals surface area contributed by atoms with E-state index in [0.29, 0.717) is 16.9 Å². The number of benzene rings is 2. The highest BCUT2D eigenvalue weighted by Crippen LogP contribution is 2.26. The van der Waals surface area contributed by atoms with Crippen molar-refractivity contribution in [2.75, 3.05) is 0 Å². The van der Waals surface area contributed by atoms with E-state index in [1.165, 1.54) is 9.13 Å². The maximum absolute atomic E-state index is 12.7. The highest BCUT2D eigenvalue weighted by Gasteiger charge is 2.16. The van der Waals surface area contributed by atoms with Crippen LogP contribution in [0.25, 0.3) is 22.4 Å². The van der Waals surface area contributed by atoms with Gasteiger partial charge in [0.1, 0.15) is 5.69 Å². The minimum Gasteiger partial charge on any atom is -0.265 e. The van der Waals surface area contributed by atoms with E-state index in [1.807, 2.05) is 24.3 Å². The summed E-state index contributed by atoms with van der Waals surface area (Å²) in [5.41, 5.74) is 2.50. The van der Waals surface area contributed by atoms with Crippen LogP contribution in [0.2, 0.25) is 0 Å². The van der Waals surface area contributed by atoms with Crippen LogP contribution in [0, 0.1) is 4.91 Å². The van der Waals surface area contributed by atoms with Crippen LogP contribution in [-0.2, 0) is 0 Å². The standard InChI is InChI=1S/C16H13N3O2/c1-11(2)18-14-9-5-6-10-15(14)19(16(18)20)13-8-4-3-7-12(13)17-21/h3-10H,1H2,2H3. The molecule has 0 saturated carbocycles. The Morgan fingerprint density at radius 1 is 1.05 bits per heavy atom. The Balaban J connectivity index is 2.49. The Morgan fingerprint density at radius 2 is 1.67 bits per heavy atom. The number of nitrogens with zero attached hydrogens (tertiary/aromatic N) is 3. The van der Waals surface area contributed by atoms with Crippen molar-refractivity contribution in [3.05, 3.63) is 70.5 Å². The molecule has 0 aliphatic rings. The molecule has 2 aromatic carbocycles. The van der Waals surface area contributed by atoms with Gasteiger partial charge >= 0.3 is 5.69 Å². The number of allylic oxidation sites excluding steroid dienone is 1. The third-order valence-electron chi connectivity index (χ3n) is 3.35. The lowest BCUT2D eigenvalue weighted by atomic mass is 10.2. The van der Waals surface area contributed by atoms with Crippen LogP contribution in [0.1, 0.15) is 6.92 Å².